The number of carbonyl (C=O) groups is 2. The molecule has 2 aromatic carbocycles. The summed E-state index contributed by atoms with van der Waals surface area (Å²) in [5.74, 6) is 0.279. The van der Waals surface area contributed by atoms with Crippen LogP contribution in [0.25, 0.3) is 0 Å². The van der Waals surface area contributed by atoms with Crippen LogP contribution >= 0.6 is 0 Å². The first kappa shape index (κ1) is 25.0. The molecule has 0 heterocycles. The Hall–Kier alpha value is -2.71. The molecule has 4 bridgehead atoms. The fourth-order valence-corrected chi connectivity index (χ4v) is 7.74. The second kappa shape index (κ2) is 8.70. The second-order valence-corrected chi connectivity index (χ2v) is 13.0. The number of aryl methyl sites for hydroxylation is 2. The van der Waals surface area contributed by atoms with Crippen molar-refractivity contribution in [3.63, 3.8) is 0 Å². The Morgan fingerprint density at radius 3 is 2.22 bits per heavy atom. The highest BCUT2D eigenvalue weighted by Gasteiger charge is 2.61. The Balaban J connectivity index is 1.30. The summed E-state index contributed by atoms with van der Waals surface area (Å²) in [6.45, 7) is 5.84. The number of esters is 1. The van der Waals surface area contributed by atoms with Crippen molar-refractivity contribution in [2.75, 3.05) is 5.32 Å². The van der Waals surface area contributed by atoms with Crippen LogP contribution in [0.1, 0.15) is 62.1 Å². The molecule has 0 aliphatic heterocycles. The number of hydrogen-bond donors (Lipinski definition) is 2. The summed E-state index contributed by atoms with van der Waals surface area (Å²) in [5.41, 5.74) is 3.75. The van der Waals surface area contributed by atoms with Crippen LogP contribution in [-0.4, -0.2) is 26.4 Å². The lowest BCUT2D eigenvalue weighted by Gasteiger charge is -2.61. The van der Waals surface area contributed by atoms with Crippen LogP contribution in [0.4, 0.5) is 5.69 Å². The highest BCUT2D eigenvalue weighted by molar-refractivity contribution is 7.89. The topological polar surface area (TPSA) is 116 Å². The van der Waals surface area contributed by atoms with Crippen LogP contribution in [0.2, 0.25) is 0 Å². The minimum Gasteiger partial charge on any atom is -0.452 e. The zero-order valence-corrected chi connectivity index (χ0v) is 21.9. The van der Waals surface area contributed by atoms with Crippen molar-refractivity contribution in [2.24, 2.45) is 22.4 Å². The minimum atomic E-state index is -3.81. The van der Waals surface area contributed by atoms with Crippen molar-refractivity contribution in [1.29, 1.82) is 0 Å². The highest BCUT2D eigenvalue weighted by Crippen LogP contribution is 2.66. The van der Waals surface area contributed by atoms with E-state index in [1.54, 1.807) is 6.92 Å². The second-order valence-electron chi connectivity index (χ2n) is 11.4. The molecule has 4 fully saturated rings. The van der Waals surface area contributed by atoms with Crippen molar-refractivity contribution in [2.45, 2.75) is 75.7 Å². The van der Waals surface area contributed by atoms with E-state index in [1.165, 1.54) is 47.4 Å². The fourth-order valence-electron chi connectivity index (χ4n) is 7.22. The maximum atomic E-state index is 13.6. The first-order valence-electron chi connectivity index (χ1n) is 12.6. The Kier molecular flexibility index (Phi) is 6.03. The average Bonchev–Trinajstić information content (AvgIpc) is 2.79. The lowest BCUT2D eigenvalue weighted by molar-refractivity contribution is -0.180. The molecular weight excluding hydrogens is 476 g/mol. The molecule has 3 atom stereocenters. The van der Waals surface area contributed by atoms with Gasteiger partial charge in [0, 0.05) is 5.69 Å². The summed E-state index contributed by atoms with van der Waals surface area (Å²) in [6, 6.07) is 12.3. The molecule has 0 spiro atoms. The fraction of sp³-hybridized carbons (Fsp3) is 0.500. The van der Waals surface area contributed by atoms with E-state index in [2.05, 4.69) is 37.4 Å². The normalized spacial score (nSPS) is 29.6. The summed E-state index contributed by atoms with van der Waals surface area (Å²) >= 11 is 0. The van der Waals surface area contributed by atoms with E-state index in [9.17, 15) is 18.0 Å². The molecule has 3 unspecified atom stereocenters. The number of benzene rings is 2. The van der Waals surface area contributed by atoms with E-state index >= 15 is 0 Å². The molecule has 36 heavy (non-hydrogen) atoms. The average molecular weight is 511 g/mol. The number of carbonyl (C=O) groups excluding carboxylic acids is 2. The van der Waals surface area contributed by atoms with Crippen molar-refractivity contribution < 1.29 is 22.7 Å². The summed E-state index contributed by atoms with van der Waals surface area (Å²) < 4.78 is 28.7. The van der Waals surface area contributed by atoms with Crippen LogP contribution in [0.5, 0.6) is 0 Å². The highest BCUT2D eigenvalue weighted by atomic mass is 32.2. The Morgan fingerprint density at radius 1 is 1.00 bits per heavy atom. The van der Waals surface area contributed by atoms with Crippen LogP contribution in [0.15, 0.2) is 47.4 Å². The third kappa shape index (κ3) is 4.45. The number of primary sulfonamides is 1. The predicted octanol–water partition coefficient (Wildman–Crippen LogP) is 4.36. The van der Waals surface area contributed by atoms with Gasteiger partial charge in [-0.3, -0.25) is 9.59 Å². The quantitative estimate of drug-likeness (QED) is 0.560. The summed E-state index contributed by atoms with van der Waals surface area (Å²) in [7, 11) is -3.81. The lowest BCUT2D eigenvalue weighted by Crippen LogP contribution is -2.57. The van der Waals surface area contributed by atoms with E-state index in [0.29, 0.717) is 17.5 Å². The largest absolute Gasteiger partial charge is 0.452 e. The molecule has 4 aliphatic rings. The van der Waals surface area contributed by atoms with E-state index in [4.69, 9.17) is 9.88 Å². The van der Waals surface area contributed by atoms with Crippen molar-refractivity contribution >= 4 is 27.6 Å². The molecule has 1 amide bonds. The smallest absolute Gasteiger partial charge is 0.312 e. The van der Waals surface area contributed by atoms with Gasteiger partial charge in [0.2, 0.25) is 10.0 Å². The van der Waals surface area contributed by atoms with E-state index in [1.807, 2.05) is 0 Å². The number of nitrogens with one attached hydrogen (secondary N) is 1. The summed E-state index contributed by atoms with van der Waals surface area (Å²) in [6.07, 6.45) is 4.87. The minimum absolute atomic E-state index is 0.00185. The molecule has 3 N–H and O–H groups in total. The zero-order chi connectivity index (χ0) is 25.9. The van der Waals surface area contributed by atoms with Crippen LogP contribution in [0, 0.1) is 31.1 Å². The third-order valence-corrected chi connectivity index (χ3v) is 9.65. The van der Waals surface area contributed by atoms with Crippen molar-refractivity contribution in [3.8, 4) is 0 Å². The molecule has 2 aromatic rings. The molecule has 7 nitrogen and oxygen atoms in total. The number of sulfonamides is 1. The molecule has 0 aromatic heterocycles. The van der Waals surface area contributed by atoms with Crippen LogP contribution in [0.3, 0.4) is 0 Å². The first-order valence-corrected chi connectivity index (χ1v) is 14.2. The standard InChI is InChI=1S/C28H34N2O5S/c1-17-4-5-22(10-18(17)2)27-12-20-11-21(13-27)15-28(14-20,16-27)26(32)35-19(3)25(31)30-23-6-8-24(9-7-23)36(29,33)34/h4-10,19-21H,11-16H2,1-3H3,(H,30,31)(H2,29,33,34). The molecule has 4 saturated carbocycles. The van der Waals surface area contributed by atoms with Gasteiger partial charge < -0.3 is 10.1 Å². The first-order chi connectivity index (χ1) is 16.9. The van der Waals surface area contributed by atoms with Gasteiger partial charge in [-0.1, -0.05) is 18.2 Å². The SMILES string of the molecule is Cc1ccc(C23CC4CC(CC(C(=O)OC(C)C(=O)Nc5ccc(S(N)(=O)=O)cc5)(C4)C2)C3)cc1C. The van der Waals surface area contributed by atoms with Gasteiger partial charge in [-0.25, -0.2) is 13.6 Å². The van der Waals surface area contributed by atoms with E-state index < -0.39 is 27.4 Å². The van der Waals surface area contributed by atoms with Gasteiger partial charge in [0.25, 0.3) is 5.91 Å². The monoisotopic (exact) mass is 510 g/mol. The zero-order valence-electron chi connectivity index (χ0n) is 21.0. The number of nitrogens with two attached hydrogens (primary N) is 1. The molecule has 8 heteroatoms. The van der Waals surface area contributed by atoms with Gasteiger partial charge in [-0.05, 0) is 118 Å². The Labute approximate surface area is 212 Å². The van der Waals surface area contributed by atoms with Crippen LogP contribution in [-0.2, 0) is 29.8 Å². The van der Waals surface area contributed by atoms with Gasteiger partial charge in [0.1, 0.15) is 0 Å². The van der Waals surface area contributed by atoms with Gasteiger partial charge in [-0.2, -0.15) is 0 Å². The van der Waals surface area contributed by atoms with Gasteiger partial charge >= 0.3 is 5.97 Å². The molecular formula is C28H34N2O5S. The molecule has 0 radical (unpaired) electrons. The number of hydrogen-bond acceptors (Lipinski definition) is 5. The number of rotatable bonds is 6. The molecule has 192 valence electrons. The number of amides is 1. The van der Waals surface area contributed by atoms with Gasteiger partial charge in [-0.15, -0.1) is 0 Å². The lowest BCUT2D eigenvalue weighted by atomic mass is 9.43. The van der Waals surface area contributed by atoms with Crippen LogP contribution < -0.4 is 10.5 Å². The maximum absolute atomic E-state index is 13.6. The summed E-state index contributed by atoms with van der Waals surface area (Å²) in [5, 5.41) is 7.82. The maximum Gasteiger partial charge on any atom is 0.312 e. The molecule has 4 aliphatic carbocycles. The number of anilines is 1. The van der Waals surface area contributed by atoms with E-state index in [-0.39, 0.29) is 16.3 Å². The van der Waals surface area contributed by atoms with Crippen molar-refractivity contribution in [1.82, 2.24) is 0 Å². The van der Waals surface area contributed by atoms with Crippen molar-refractivity contribution in [3.05, 3.63) is 59.2 Å². The summed E-state index contributed by atoms with van der Waals surface area (Å²) in [4.78, 5) is 26.4. The molecule has 6 rings (SSSR count). The van der Waals surface area contributed by atoms with Gasteiger partial charge in [0.05, 0.1) is 10.3 Å². The van der Waals surface area contributed by atoms with Gasteiger partial charge in [0.15, 0.2) is 6.10 Å². The third-order valence-electron chi connectivity index (χ3n) is 8.72. The Morgan fingerprint density at radius 2 is 1.64 bits per heavy atom. The number of ether oxygens (including phenoxy) is 1. The van der Waals surface area contributed by atoms with E-state index in [0.717, 1.165) is 32.1 Å². The Bertz CT molecular complexity index is 1300. The molecule has 0 saturated heterocycles. The predicted molar refractivity (Wildman–Crippen MR) is 137 cm³/mol.